The molecule has 1 N–H and O–H groups in total. The lowest BCUT2D eigenvalue weighted by atomic mass is 9.46. The highest BCUT2D eigenvalue weighted by atomic mass is 35.5. The first-order chi connectivity index (χ1) is 12.1. The Bertz CT molecular complexity index is 613. The number of aldehydes is 1. The number of aliphatic hydroxyl groups is 1. The zero-order valence-electron chi connectivity index (χ0n) is 16.3. The smallest absolute Gasteiger partial charge is 0.334 e. The molecule has 0 bridgehead atoms. The summed E-state index contributed by atoms with van der Waals surface area (Å²) >= 11 is 6.75. The lowest BCUT2D eigenvalue weighted by Crippen LogP contribution is -2.61. The summed E-state index contributed by atoms with van der Waals surface area (Å²) in [5, 5.41) is 10.7. The van der Waals surface area contributed by atoms with Crippen molar-refractivity contribution in [2.45, 2.75) is 64.4 Å². The molecular weight excluding hydrogens is 352 g/mol. The molecule has 6 atom stereocenters. The van der Waals surface area contributed by atoms with E-state index in [9.17, 15) is 14.7 Å². The van der Waals surface area contributed by atoms with Crippen LogP contribution in [0.1, 0.15) is 52.9 Å². The SMILES string of the molecule is C=C(C)CCC[C@]1(C)[C@@H](Cl)C[C@H](O)[C@]2(C)[C@@H](C=O)C(C(=O)OC)=CC[C@@H]12. The Kier molecular flexibility index (Phi) is 6.40. The molecule has 2 aliphatic rings. The topological polar surface area (TPSA) is 63.6 Å². The molecule has 0 aromatic rings. The Balaban J connectivity index is 2.44. The van der Waals surface area contributed by atoms with Gasteiger partial charge in [-0.25, -0.2) is 4.79 Å². The van der Waals surface area contributed by atoms with Crippen molar-refractivity contribution < 1.29 is 19.4 Å². The lowest BCUT2D eigenvalue weighted by molar-refractivity contribution is -0.153. The van der Waals surface area contributed by atoms with Gasteiger partial charge in [-0.05, 0) is 50.4 Å². The summed E-state index contributed by atoms with van der Waals surface area (Å²) in [7, 11) is 1.31. The molecule has 1 saturated carbocycles. The summed E-state index contributed by atoms with van der Waals surface area (Å²) in [4.78, 5) is 24.2. The normalized spacial score (nSPS) is 39.5. The zero-order valence-corrected chi connectivity index (χ0v) is 17.0. The van der Waals surface area contributed by atoms with E-state index >= 15 is 0 Å². The van der Waals surface area contributed by atoms with Gasteiger partial charge >= 0.3 is 5.97 Å². The number of esters is 1. The van der Waals surface area contributed by atoms with Crippen molar-refractivity contribution in [3.8, 4) is 0 Å². The first kappa shape index (κ1) is 21.2. The zero-order chi connectivity index (χ0) is 19.7. The van der Waals surface area contributed by atoms with E-state index in [4.69, 9.17) is 16.3 Å². The number of carbonyl (C=O) groups excluding carboxylic acids is 2. The number of hydrogen-bond acceptors (Lipinski definition) is 4. The second-order valence-corrected chi connectivity index (χ2v) is 8.98. The lowest BCUT2D eigenvalue weighted by Gasteiger charge is -2.60. The van der Waals surface area contributed by atoms with Crippen LogP contribution in [0.3, 0.4) is 0 Å². The molecule has 0 aliphatic heterocycles. The third-order valence-corrected chi connectivity index (χ3v) is 7.54. The summed E-state index contributed by atoms with van der Waals surface area (Å²) in [5.74, 6) is -1.17. The number of halogens is 1. The summed E-state index contributed by atoms with van der Waals surface area (Å²) in [6, 6.07) is 0. The summed E-state index contributed by atoms with van der Waals surface area (Å²) in [5.41, 5.74) is 0.534. The Morgan fingerprint density at radius 1 is 1.50 bits per heavy atom. The van der Waals surface area contributed by atoms with E-state index < -0.39 is 23.4 Å². The van der Waals surface area contributed by atoms with E-state index in [2.05, 4.69) is 13.5 Å². The number of allylic oxidation sites excluding steroid dienone is 2. The van der Waals surface area contributed by atoms with Crippen LogP contribution in [-0.4, -0.2) is 36.0 Å². The van der Waals surface area contributed by atoms with Crippen molar-refractivity contribution in [1.82, 2.24) is 0 Å². The number of hydrogen-bond donors (Lipinski definition) is 1. The predicted octanol–water partition coefficient (Wildman–Crippen LogP) is 4.05. The van der Waals surface area contributed by atoms with Gasteiger partial charge in [-0.1, -0.05) is 25.5 Å². The van der Waals surface area contributed by atoms with Crippen LogP contribution >= 0.6 is 11.6 Å². The molecule has 2 rings (SSSR count). The van der Waals surface area contributed by atoms with Gasteiger partial charge in [-0.15, -0.1) is 18.2 Å². The molecule has 0 aromatic heterocycles. The molecule has 5 heteroatoms. The van der Waals surface area contributed by atoms with Crippen LogP contribution < -0.4 is 0 Å². The third kappa shape index (κ3) is 3.38. The van der Waals surface area contributed by atoms with Crippen LogP contribution in [0.4, 0.5) is 0 Å². The van der Waals surface area contributed by atoms with Gasteiger partial charge in [0.25, 0.3) is 0 Å². The highest BCUT2D eigenvalue weighted by Gasteiger charge is 2.61. The van der Waals surface area contributed by atoms with E-state index in [1.807, 2.05) is 19.9 Å². The number of methoxy groups -OCH3 is 1. The van der Waals surface area contributed by atoms with Gasteiger partial charge < -0.3 is 14.6 Å². The fourth-order valence-corrected chi connectivity index (χ4v) is 5.61. The first-order valence-corrected chi connectivity index (χ1v) is 9.76. The van der Waals surface area contributed by atoms with Gasteiger partial charge in [0.15, 0.2) is 0 Å². The van der Waals surface area contributed by atoms with Crippen LogP contribution in [0.2, 0.25) is 0 Å². The van der Waals surface area contributed by atoms with Crippen LogP contribution in [0.15, 0.2) is 23.8 Å². The van der Waals surface area contributed by atoms with Crippen molar-refractivity contribution in [3.05, 3.63) is 23.8 Å². The first-order valence-electron chi connectivity index (χ1n) is 9.33. The maximum absolute atomic E-state index is 12.2. The molecule has 146 valence electrons. The van der Waals surface area contributed by atoms with Crippen LogP contribution in [0.5, 0.6) is 0 Å². The largest absolute Gasteiger partial charge is 0.466 e. The maximum atomic E-state index is 12.2. The van der Waals surface area contributed by atoms with E-state index in [0.717, 1.165) is 31.1 Å². The highest BCUT2D eigenvalue weighted by molar-refractivity contribution is 6.21. The van der Waals surface area contributed by atoms with E-state index in [1.54, 1.807) is 0 Å². The van der Waals surface area contributed by atoms with Gasteiger partial charge in [-0.2, -0.15) is 0 Å². The average Bonchev–Trinajstić information content (AvgIpc) is 2.58. The predicted molar refractivity (Wildman–Crippen MR) is 103 cm³/mol. The number of carbonyl (C=O) groups is 2. The molecule has 0 heterocycles. The number of aliphatic hydroxyl groups excluding tert-OH is 1. The van der Waals surface area contributed by atoms with Gasteiger partial charge in [0.2, 0.25) is 0 Å². The average molecular weight is 383 g/mol. The minimum Gasteiger partial charge on any atom is -0.466 e. The van der Waals surface area contributed by atoms with E-state index in [-0.39, 0.29) is 16.7 Å². The van der Waals surface area contributed by atoms with Crippen molar-refractivity contribution in [1.29, 1.82) is 0 Å². The molecule has 0 saturated heterocycles. The molecule has 2 aliphatic carbocycles. The molecule has 0 amide bonds. The Labute approximate surface area is 161 Å². The molecule has 0 aromatic carbocycles. The van der Waals surface area contributed by atoms with E-state index in [0.29, 0.717) is 18.4 Å². The molecule has 1 fully saturated rings. The van der Waals surface area contributed by atoms with Gasteiger partial charge in [-0.3, -0.25) is 0 Å². The van der Waals surface area contributed by atoms with Crippen molar-refractivity contribution >= 4 is 23.9 Å². The standard InChI is InChI=1S/C21H31ClO4/c1-13(2)7-6-10-20(3)16-9-8-14(19(25)26-5)15(12-23)21(16,4)18(24)11-17(20)22/h8,12,15-18,24H,1,6-7,9-11H2,2-5H3/t15-,16-,17-,18-,20-,21+/m0/s1. The Morgan fingerprint density at radius 2 is 2.15 bits per heavy atom. The Hall–Kier alpha value is -1.13. The second-order valence-electron chi connectivity index (χ2n) is 8.45. The Morgan fingerprint density at radius 3 is 2.69 bits per heavy atom. The van der Waals surface area contributed by atoms with Crippen molar-refractivity contribution in [3.63, 3.8) is 0 Å². The molecule has 0 radical (unpaired) electrons. The minimum absolute atomic E-state index is 0.00924. The third-order valence-electron chi connectivity index (χ3n) is 6.87. The molecule has 0 spiro atoms. The number of alkyl halides is 1. The fraction of sp³-hybridized carbons (Fsp3) is 0.714. The molecule has 26 heavy (non-hydrogen) atoms. The molecule has 0 unspecified atom stereocenters. The maximum Gasteiger partial charge on any atom is 0.334 e. The highest BCUT2D eigenvalue weighted by Crippen LogP contribution is 2.62. The van der Waals surface area contributed by atoms with Gasteiger partial charge in [0.1, 0.15) is 6.29 Å². The van der Waals surface area contributed by atoms with Crippen molar-refractivity contribution in [2.24, 2.45) is 22.7 Å². The summed E-state index contributed by atoms with van der Waals surface area (Å²) in [6.07, 6.45) is 5.69. The number of rotatable bonds is 6. The second kappa shape index (κ2) is 7.85. The molecular formula is C21H31ClO4. The molecule has 4 nitrogen and oxygen atoms in total. The van der Waals surface area contributed by atoms with Gasteiger partial charge in [0.05, 0.1) is 19.1 Å². The quantitative estimate of drug-likeness (QED) is 0.326. The van der Waals surface area contributed by atoms with Crippen LogP contribution in [-0.2, 0) is 14.3 Å². The van der Waals surface area contributed by atoms with Crippen molar-refractivity contribution in [2.75, 3.05) is 7.11 Å². The summed E-state index contributed by atoms with van der Waals surface area (Å²) in [6.45, 7) is 10.1. The van der Waals surface area contributed by atoms with E-state index in [1.165, 1.54) is 7.11 Å². The van der Waals surface area contributed by atoms with Crippen LogP contribution in [0.25, 0.3) is 0 Å². The monoisotopic (exact) mass is 382 g/mol. The number of ether oxygens (including phenoxy) is 1. The number of fused-ring (bicyclic) bond motifs is 1. The van der Waals surface area contributed by atoms with Crippen LogP contribution in [0, 0.1) is 22.7 Å². The summed E-state index contributed by atoms with van der Waals surface area (Å²) < 4.78 is 4.86. The fourth-order valence-electron chi connectivity index (χ4n) is 5.18. The van der Waals surface area contributed by atoms with Gasteiger partial charge in [0, 0.05) is 16.4 Å². The minimum atomic E-state index is -0.743.